The van der Waals surface area contributed by atoms with Crippen LogP contribution in [0.15, 0.2) is 30.6 Å². The monoisotopic (exact) mass is 246 g/mol. The Labute approximate surface area is 105 Å². The minimum Gasteiger partial charge on any atom is -0.303 e. The molecule has 0 aliphatic heterocycles. The summed E-state index contributed by atoms with van der Waals surface area (Å²) in [7, 11) is 0. The molecule has 3 nitrogen and oxygen atoms in total. The Morgan fingerprint density at radius 2 is 2.28 bits per heavy atom. The molecule has 0 bridgehead atoms. The maximum absolute atomic E-state index is 14.1. The smallest absolute Gasteiger partial charge is 0.147 e. The van der Waals surface area contributed by atoms with Gasteiger partial charge in [-0.15, -0.1) is 0 Å². The van der Waals surface area contributed by atoms with E-state index in [0.717, 1.165) is 17.7 Å². The van der Waals surface area contributed by atoms with Crippen LogP contribution < -0.4 is 0 Å². The van der Waals surface area contributed by atoms with Crippen LogP contribution in [0.1, 0.15) is 30.7 Å². The van der Waals surface area contributed by atoms with Crippen molar-refractivity contribution in [1.82, 2.24) is 9.55 Å². The van der Waals surface area contributed by atoms with Gasteiger partial charge in [-0.05, 0) is 30.5 Å². The topological polar surface area (TPSA) is 34.9 Å². The van der Waals surface area contributed by atoms with Crippen LogP contribution in [0.5, 0.6) is 0 Å². The van der Waals surface area contributed by atoms with E-state index in [2.05, 4.69) is 4.98 Å². The second-order valence-corrected chi connectivity index (χ2v) is 4.36. The zero-order valence-electron chi connectivity index (χ0n) is 10.4. The Bertz CT molecular complexity index is 563. The van der Waals surface area contributed by atoms with E-state index in [1.807, 2.05) is 19.9 Å². The van der Waals surface area contributed by atoms with Gasteiger partial charge in [0.1, 0.15) is 17.9 Å². The van der Waals surface area contributed by atoms with Gasteiger partial charge in [-0.2, -0.15) is 0 Å². The lowest BCUT2D eigenvalue weighted by Crippen LogP contribution is -2.01. The first-order valence-electron chi connectivity index (χ1n) is 5.87. The third-order valence-electron chi connectivity index (χ3n) is 3.08. The third-order valence-corrected chi connectivity index (χ3v) is 3.08. The van der Waals surface area contributed by atoms with Crippen molar-refractivity contribution in [3.05, 3.63) is 47.8 Å². The minimum atomic E-state index is -0.300. The van der Waals surface area contributed by atoms with Crippen LogP contribution in [-0.2, 0) is 4.79 Å². The standard InChI is InChI=1S/C14H15FN2O/c1-10(5-8-18)12-3-4-14(13(15)9-12)17-7-6-16-11(17)2/h3-4,6-10H,5H2,1-2H3. The lowest BCUT2D eigenvalue weighted by atomic mass is 9.98. The number of hydrogen-bond donors (Lipinski definition) is 0. The van der Waals surface area contributed by atoms with E-state index in [0.29, 0.717) is 12.1 Å². The largest absolute Gasteiger partial charge is 0.303 e. The van der Waals surface area contributed by atoms with Crippen molar-refractivity contribution < 1.29 is 9.18 Å². The number of benzene rings is 1. The molecular formula is C14H15FN2O. The number of imidazole rings is 1. The van der Waals surface area contributed by atoms with Crippen molar-refractivity contribution in [3.8, 4) is 5.69 Å². The molecule has 0 aliphatic carbocycles. The number of carbonyl (C=O) groups excluding carboxylic acids is 1. The van der Waals surface area contributed by atoms with Crippen molar-refractivity contribution in [3.63, 3.8) is 0 Å². The number of halogens is 1. The number of aldehydes is 1. The normalized spacial score (nSPS) is 12.4. The molecule has 1 heterocycles. The molecule has 1 aromatic heterocycles. The predicted octanol–water partition coefficient (Wildman–Crippen LogP) is 3.01. The fourth-order valence-corrected chi connectivity index (χ4v) is 1.94. The summed E-state index contributed by atoms with van der Waals surface area (Å²) in [5.74, 6) is 0.476. The summed E-state index contributed by atoms with van der Waals surface area (Å²) >= 11 is 0. The first kappa shape index (κ1) is 12.5. The average molecular weight is 246 g/mol. The number of rotatable bonds is 4. The Morgan fingerprint density at radius 3 is 2.83 bits per heavy atom. The van der Waals surface area contributed by atoms with E-state index >= 15 is 0 Å². The summed E-state index contributed by atoms with van der Waals surface area (Å²) in [5.41, 5.74) is 1.31. The number of nitrogens with zero attached hydrogens (tertiary/aromatic N) is 2. The zero-order valence-corrected chi connectivity index (χ0v) is 10.4. The highest BCUT2D eigenvalue weighted by Crippen LogP contribution is 2.23. The molecular weight excluding hydrogens is 231 g/mol. The summed E-state index contributed by atoms with van der Waals surface area (Å²) in [4.78, 5) is 14.5. The molecule has 0 fully saturated rings. The SMILES string of the molecule is Cc1nccn1-c1ccc(C(C)CC=O)cc1F. The van der Waals surface area contributed by atoms with Crippen molar-refractivity contribution >= 4 is 6.29 Å². The van der Waals surface area contributed by atoms with Gasteiger partial charge in [0, 0.05) is 18.8 Å². The summed E-state index contributed by atoms with van der Waals surface area (Å²) in [6.45, 7) is 3.73. The molecule has 2 rings (SSSR count). The van der Waals surface area contributed by atoms with Crippen LogP contribution >= 0.6 is 0 Å². The van der Waals surface area contributed by atoms with Gasteiger partial charge in [0.2, 0.25) is 0 Å². The van der Waals surface area contributed by atoms with Crippen molar-refractivity contribution in [2.45, 2.75) is 26.2 Å². The summed E-state index contributed by atoms with van der Waals surface area (Å²) in [6.07, 6.45) is 4.62. The second-order valence-electron chi connectivity index (χ2n) is 4.36. The summed E-state index contributed by atoms with van der Waals surface area (Å²) in [6, 6.07) is 5.07. The van der Waals surface area contributed by atoms with Crippen LogP contribution in [0, 0.1) is 12.7 Å². The maximum atomic E-state index is 14.1. The third kappa shape index (κ3) is 2.32. The van der Waals surface area contributed by atoms with Gasteiger partial charge < -0.3 is 9.36 Å². The molecule has 0 saturated carbocycles. The molecule has 1 aromatic carbocycles. The Balaban J connectivity index is 2.37. The molecule has 0 radical (unpaired) electrons. The molecule has 0 aliphatic rings. The van der Waals surface area contributed by atoms with E-state index in [9.17, 15) is 9.18 Å². The molecule has 4 heteroatoms. The number of aromatic nitrogens is 2. The van der Waals surface area contributed by atoms with E-state index < -0.39 is 0 Å². The van der Waals surface area contributed by atoms with E-state index in [1.165, 1.54) is 6.07 Å². The van der Waals surface area contributed by atoms with Crippen LogP contribution in [0.2, 0.25) is 0 Å². The Morgan fingerprint density at radius 1 is 1.50 bits per heavy atom. The lowest BCUT2D eigenvalue weighted by Gasteiger charge is -2.11. The highest BCUT2D eigenvalue weighted by molar-refractivity contribution is 5.52. The van der Waals surface area contributed by atoms with Gasteiger partial charge in [-0.3, -0.25) is 0 Å². The summed E-state index contributed by atoms with van der Waals surface area (Å²) in [5, 5.41) is 0. The fraction of sp³-hybridized carbons (Fsp3) is 0.286. The Hall–Kier alpha value is -1.97. The molecule has 0 spiro atoms. The Kier molecular flexibility index (Phi) is 3.55. The van der Waals surface area contributed by atoms with Gasteiger partial charge in [-0.25, -0.2) is 9.37 Å². The molecule has 1 atom stereocenters. The van der Waals surface area contributed by atoms with Gasteiger partial charge >= 0.3 is 0 Å². The molecule has 0 saturated heterocycles. The van der Waals surface area contributed by atoms with Crippen LogP contribution in [0.25, 0.3) is 5.69 Å². The van der Waals surface area contributed by atoms with Gasteiger partial charge in [0.15, 0.2) is 0 Å². The van der Waals surface area contributed by atoms with Crippen LogP contribution in [0.3, 0.4) is 0 Å². The molecule has 1 unspecified atom stereocenters. The summed E-state index contributed by atoms with van der Waals surface area (Å²) < 4.78 is 15.8. The maximum Gasteiger partial charge on any atom is 0.147 e. The van der Waals surface area contributed by atoms with Gasteiger partial charge in [0.25, 0.3) is 0 Å². The van der Waals surface area contributed by atoms with Gasteiger partial charge in [0.05, 0.1) is 5.69 Å². The molecule has 18 heavy (non-hydrogen) atoms. The van der Waals surface area contributed by atoms with E-state index in [4.69, 9.17) is 0 Å². The van der Waals surface area contributed by atoms with E-state index in [1.54, 1.807) is 23.0 Å². The highest BCUT2D eigenvalue weighted by atomic mass is 19.1. The second kappa shape index (κ2) is 5.12. The fourth-order valence-electron chi connectivity index (χ4n) is 1.94. The van der Waals surface area contributed by atoms with E-state index in [-0.39, 0.29) is 11.7 Å². The molecule has 94 valence electrons. The number of carbonyl (C=O) groups is 1. The minimum absolute atomic E-state index is 0.0370. The van der Waals surface area contributed by atoms with Crippen molar-refractivity contribution in [2.24, 2.45) is 0 Å². The molecule has 0 amide bonds. The first-order valence-corrected chi connectivity index (χ1v) is 5.87. The van der Waals surface area contributed by atoms with Gasteiger partial charge in [-0.1, -0.05) is 13.0 Å². The zero-order chi connectivity index (χ0) is 13.1. The van der Waals surface area contributed by atoms with Crippen molar-refractivity contribution in [2.75, 3.05) is 0 Å². The first-order chi connectivity index (χ1) is 8.63. The van der Waals surface area contributed by atoms with Crippen LogP contribution in [-0.4, -0.2) is 15.8 Å². The quantitative estimate of drug-likeness (QED) is 0.777. The number of aryl methyl sites for hydroxylation is 1. The van der Waals surface area contributed by atoms with Crippen molar-refractivity contribution in [1.29, 1.82) is 0 Å². The highest BCUT2D eigenvalue weighted by Gasteiger charge is 2.11. The predicted molar refractivity (Wildman–Crippen MR) is 67.4 cm³/mol. The molecule has 2 aromatic rings. The average Bonchev–Trinajstić information content (AvgIpc) is 2.75. The number of hydrogen-bond acceptors (Lipinski definition) is 2. The molecule has 0 N–H and O–H groups in total. The van der Waals surface area contributed by atoms with Crippen LogP contribution in [0.4, 0.5) is 4.39 Å². The lowest BCUT2D eigenvalue weighted by molar-refractivity contribution is -0.108.